The van der Waals surface area contributed by atoms with Crippen molar-refractivity contribution < 1.29 is 22.8 Å². The van der Waals surface area contributed by atoms with Gasteiger partial charge in [-0.25, -0.2) is 4.79 Å². The van der Waals surface area contributed by atoms with Gasteiger partial charge in [-0.15, -0.1) is 0 Å². The lowest BCUT2D eigenvalue weighted by Crippen LogP contribution is -2.12. The molecule has 19 heavy (non-hydrogen) atoms. The number of alkyl halides is 3. The summed E-state index contributed by atoms with van der Waals surface area (Å²) in [4.78, 5) is 15.6. The van der Waals surface area contributed by atoms with E-state index >= 15 is 0 Å². The molecule has 0 spiro atoms. The van der Waals surface area contributed by atoms with Gasteiger partial charge in [0.2, 0.25) is 0 Å². The third-order valence-electron chi connectivity index (χ3n) is 1.96. The van der Waals surface area contributed by atoms with Crippen molar-refractivity contribution in [2.45, 2.75) is 19.5 Å². The van der Waals surface area contributed by atoms with Gasteiger partial charge in [-0.3, -0.25) is 10.2 Å². The Morgan fingerprint density at radius 1 is 1.47 bits per heavy atom. The van der Waals surface area contributed by atoms with E-state index in [9.17, 15) is 18.0 Å². The third-order valence-corrected chi connectivity index (χ3v) is 2.29. The zero-order valence-corrected chi connectivity index (χ0v) is 10.5. The highest BCUT2D eigenvalue weighted by molar-refractivity contribution is 6.65. The molecule has 1 rings (SSSR count). The molecule has 0 aliphatic heterocycles. The van der Waals surface area contributed by atoms with E-state index in [0.29, 0.717) is 6.42 Å². The number of halogens is 4. The highest BCUT2D eigenvalue weighted by atomic mass is 35.5. The molecule has 0 heterocycles. The van der Waals surface area contributed by atoms with Crippen LogP contribution in [0.2, 0.25) is 0 Å². The quantitative estimate of drug-likeness (QED) is 0.515. The van der Waals surface area contributed by atoms with Gasteiger partial charge in [-0.1, -0.05) is 29.7 Å². The van der Waals surface area contributed by atoms with Crippen LogP contribution in [0.25, 0.3) is 0 Å². The van der Waals surface area contributed by atoms with E-state index < -0.39 is 17.8 Å². The topological polar surface area (TPSA) is 50.7 Å². The molecular weight excluding hydrogens is 285 g/mol. The maximum atomic E-state index is 12.4. The molecule has 0 fully saturated rings. The molecule has 0 saturated heterocycles. The largest absolute Gasteiger partial charge is 0.437 e. The predicted molar refractivity (Wildman–Crippen MR) is 65.1 cm³/mol. The van der Waals surface area contributed by atoms with Crippen LogP contribution < -0.4 is 5.32 Å². The Morgan fingerprint density at radius 2 is 2.16 bits per heavy atom. The summed E-state index contributed by atoms with van der Waals surface area (Å²) in [6.07, 6.45) is -5.13. The van der Waals surface area contributed by atoms with Crippen molar-refractivity contribution in [3.8, 4) is 0 Å². The van der Waals surface area contributed by atoms with E-state index in [4.69, 9.17) is 11.6 Å². The Morgan fingerprint density at radius 3 is 2.74 bits per heavy atom. The van der Waals surface area contributed by atoms with E-state index in [1.165, 1.54) is 12.1 Å². The fraction of sp³-hybridized carbons (Fsp3) is 0.273. The maximum Gasteiger partial charge on any atom is 0.437 e. The Labute approximate surface area is 112 Å². The molecule has 0 saturated carbocycles. The van der Waals surface area contributed by atoms with Crippen molar-refractivity contribution in [1.29, 1.82) is 0 Å². The predicted octanol–water partition coefficient (Wildman–Crippen LogP) is 4.22. The molecular formula is C11H10ClF3N2O2. The number of benzene rings is 1. The van der Waals surface area contributed by atoms with Crippen LogP contribution in [-0.4, -0.2) is 11.3 Å². The minimum Gasteiger partial charge on any atom is -0.297 e. The summed E-state index contributed by atoms with van der Waals surface area (Å²) in [5.74, 6) is 0. The smallest absolute Gasteiger partial charge is 0.297 e. The number of carbonyl (C=O) groups excluding carboxylic acids is 1. The van der Waals surface area contributed by atoms with E-state index in [-0.39, 0.29) is 10.9 Å². The zero-order chi connectivity index (χ0) is 14.5. The Kier molecular flexibility index (Phi) is 5.17. The van der Waals surface area contributed by atoms with Crippen LogP contribution in [0.3, 0.4) is 0 Å². The molecule has 104 valence electrons. The van der Waals surface area contributed by atoms with E-state index in [1.807, 2.05) is 0 Å². The Bertz CT molecular complexity index is 489. The summed E-state index contributed by atoms with van der Waals surface area (Å²) in [6.45, 7) is 1.69. The molecule has 4 nitrogen and oxygen atoms in total. The van der Waals surface area contributed by atoms with Crippen LogP contribution in [0, 0.1) is 0 Å². The van der Waals surface area contributed by atoms with Gasteiger partial charge in [0.1, 0.15) is 5.17 Å². The lowest BCUT2D eigenvalue weighted by molar-refractivity contribution is -0.137. The second-order valence-electron chi connectivity index (χ2n) is 3.40. The van der Waals surface area contributed by atoms with Crippen molar-refractivity contribution in [3.63, 3.8) is 0 Å². The highest BCUT2D eigenvalue weighted by Gasteiger charge is 2.30. The van der Waals surface area contributed by atoms with Crippen LogP contribution in [0.15, 0.2) is 29.4 Å². The molecule has 0 aromatic heterocycles. The number of carbonyl (C=O) groups is 1. The van der Waals surface area contributed by atoms with Crippen molar-refractivity contribution in [2.24, 2.45) is 5.16 Å². The highest BCUT2D eigenvalue weighted by Crippen LogP contribution is 2.30. The first-order valence-electron chi connectivity index (χ1n) is 5.20. The standard InChI is InChI=1S/C11H10ClF3N2O2/c1-2-9(12)17-19-10(18)16-8-5-3-4-7(6-8)11(13,14)15/h3-6H,2H2,1H3,(H,16,18)/b17-9+. The van der Waals surface area contributed by atoms with E-state index in [1.54, 1.807) is 6.92 Å². The molecule has 0 bridgehead atoms. The minimum atomic E-state index is -4.48. The first kappa shape index (κ1) is 15.3. The fourth-order valence-corrected chi connectivity index (χ4v) is 1.10. The SMILES string of the molecule is CC/C(Cl)=N\OC(=O)Nc1cccc(C(F)(F)F)c1. The van der Waals surface area contributed by atoms with Gasteiger partial charge in [-0.05, 0) is 18.2 Å². The van der Waals surface area contributed by atoms with Crippen LogP contribution in [0.5, 0.6) is 0 Å². The minimum absolute atomic E-state index is 0.0531. The number of rotatable bonds is 3. The van der Waals surface area contributed by atoms with E-state index in [0.717, 1.165) is 12.1 Å². The van der Waals surface area contributed by atoms with Crippen LogP contribution in [0.4, 0.5) is 23.7 Å². The summed E-state index contributed by atoms with van der Waals surface area (Å²) >= 11 is 5.49. The van der Waals surface area contributed by atoms with Gasteiger partial charge in [0.15, 0.2) is 0 Å². The van der Waals surface area contributed by atoms with E-state index in [2.05, 4.69) is 15.3 Å². The van der Waals surface area contributed by atoms with Crippen LogP contribution >= 0.6 is 11.6 Å². The lowest BCUT2D eigenvalue weighted by atomic mass is 10.2. The molecule has 0 unspecified atom stereocenters. The summed E-state index contributed by atoms with van der Waals surface area (Å²) < 4.78 is 37.3. The molecule has 1 amide bonds. The average molecular weight is 295 g/mol. The summed E-state index contributed by atoms with van der Waals surface area (Å²) in [5.41, 5.74) is -0.928. The number of nitrogens with zero attached hydrogens (tertiary/aromatic N) is 1. The zero-order valence-electron chi connectivity index (χ0n) is 9.79. The number of hydrogen-bond donors (Lipinski definition) is 1. The second kappa shape index (κ2) is 6.42. The molecule has 0 radical (unpaired) electrons. The van der Waals surface area contributed by atoms with Crippen LogP contribution in [0.1, 0.15) is 18.9 Å². The Balaban J connectivity index is 2.70. The third kappa shape index (κ3) is 5.17. The van der Waals surface area contributed by atoms with Crippen molar-refractivity contribution in [3.05, 3.63) is 29.8 Å². The molecule has 8 heteroatoms. The summed E-state index contributed by atoms with van der Waals surface area (Å²) in [6, 6.07) is 4.14. The molecule has 1 aromatic carbocycles. The number of oxime groups is 1. The van der Waals surface area contributed by atoms with Gasteiger partial charge >= 0.3 is 12.3 Å². The molecule has 1 aromatic rings. The van der Waals surface area contributed by atoms with Crippen LogP contribution in [-0.2, 0) is 11.0 Å². The van der Waals surface area contributed by atoms with Gasteiger partial charge in [0.25, 0.3) is 0 Å². The van der Waals surface area contributed by atoms with Gasteiger partial charge in [0, 0.05) is 12.1 Å². The average Bonchev–Trinajstić information content (AvgIpc) is 2.35. The first-order valence-corrected chi connectivity index (χ1v) is 5.58. The molecule has 0 atom stereocenters. The maximum absolute atomic E-state index is 12.4. The number of hydrogen-bond acceptors (Lipinski definition) is 3. The second-order valence-corrected chi connectivity index (χ2v) is 3.84. The fourth-order valence-electron chi connectivity index (χ4n) is 1.07. The number of anilines is 1. The number of amides is 1. The molecule has 1 N–H and O–H groups in total. The summed E-state index contributed by atoms with van der Waals surface area (Å²) in [5, 5.41) is 5.43. The first-order chi connectivity index (χ1) is 8.82. The van der Waals surface area contributed by atoms with Gasteiger partial charge in [-0.2, -0.15) is 13.2 Å². The molecule has 0 aliphatic carbocycles. The van der Waals surface area contributed by atoms with Crippen molar-refractivity contribution >= 4 is 28.6 Å². The van der Waals surface area contributed by atoms with Gasteiger partial charge in [0.05, 0.1) is 5.56 Å². The van der Waals surface area contributed by atoms with Crippen molar-refractivity contribution in [1.82, 2.24) is 0 Å². The van der Waals surface area contributed by atoms with Crippen molar-refractivity contribution in [2.75, 3.05) is 5.32 Å². The Hall–Kier alpha value is -1.76. The summed E-state index contributed by atoms with van der Waals surface area (Å²) in [7, 11) is 0. The normalized spacial score (nSPS) is 12.2. The molecule has 0 aliphatic rings. The lowest BCUT2D eigenvalue weighted by Gasteiger charge is -2.08. The monoisotopic (exact) mass is 294 g/mol. The van der Waals surface area contributed by atoms with Gasteiger partial charge < -0.3 is 0 Å². The number of nitrogens with one attached hydrogen (secondary N) is 1.